The van der Waals surface area contributed by atoms with E-state index in [9.17, 15) is 9.59 Å². The van der Waals surface area contributed by atoms with Gasteiger partial charge in [0.2, 0.25) is 5.91 Å². The molecule has 0 spiro atoms. The molecule has 1 amide bonds. The quantitative estimate of drug-likeness (QED) is 0.555. The average Bonchev–Trinajstić information content (AvgIpc) is 2.58. The summed E-state index contributed by atoms with van der Waals surface area (Å²) in [6, 6.07) is 0. The van der Waals surface area contributed by atoms with Gasteiger partial charge in [0.15, 0.2) is 0 Å². The van der Waals surface area contributed by atoms with Gasteiger partial charge in [0.25, 0.3) is 0 Å². The summed E-state index contributed by atoms with van der Waals surface area (Å²) in [5.74, 6) is -0.377. The van der Waals surface area contributed by atoms with Crippen molar-refractivity contribution in [3.63, 3.8) is 0 Å². The number of carbonyl (C=O) groups excluding carboxylic acids is 1. The van der Waals surface area contributed by atoms with Crippen LogP contribution in [-0.2, 0) is 9.59 Å². The molecule has 1 saturated heterocycles. The molecule has 1 aliphatic rings. The fourth-order valence-electron chi connectivity index (χ4n) is 1.74. The Kier molecular flexibility index (Phi) is 4.55. The molecular formula is C10H18N2O3. The lowest BCUT2D eigenvalue weighted by molar-refractivity contribution is -0.137. The van der Waals surface area contributed by atoms with Gasteiger partial charge in [-0.1, -0.05) is 6.92 Å². The highest BCUT2D eigenvalue weighted by Crippen LogP contribution is 2.15. The van der Waals surface area contributed by atoms with Crippen molar-refractivity contribution in [3.05, 3.63) is 0 Å². The second-order valence-corrected chi connectivity index (χ2v) is 4.03. The van der Waals surface area contributed by atoms with Crippen molar-refractivity contribution in [2.24, 2.45) is 11.8 Å². The average molecular weight is 214 g/mol. The number of nitrogens with one attached hydrogen (secondary N) is 2. The molecular weight excluding hydrogens is 196 g/mol. The third-order valence-corrected chi connectivity index (χ3v) is 2.72. The van der Waals surface area contributed by atoms with Crippen LogP contribution in [0, 0.1) is 11.8 Å². The maximum absolute atomic E-state index is 11.6. The van der Waals surface area contributed by atoms with Crippen molar-refractivity contribution in [1.82, 2.24) is 10.6 Å². The standard InChI is InChI=1S/C10H18N2O3/c1-7-5-11-6-8(7)10(15)12-4-2-3-9(13)14/h7-8,11H,2-6H2,1H3,(H,12,15)(H,13,14). The van der Waals surface area contributed by atoms with Gasteiger partial charge in [-0.05, 0) is 18.9 Å². The van der Waals surface area contributed by atoms with Crippen LogP contribution in [0.5, 0.6) is 0 Å². The second-order valence-electron chi connectivity index (χ2n) is 4.03. The molecule has 0 aliphatic carbocycles. The zero-order valence-corrected chi connectivity index (χ0v) is 8.95. The highest BCUT2D eigenvalue weighted by molar-refractivity contribution is 5.79. The number of rotatable bonds is 5. The van der Waals surface area contributed by atoms with E-state index in [1.807, 2.05) is 6.92 Å². The van der Waals surface area contributed by atoms with Crippen molar-refractivity contribution in [2.45, 2.75) is 19.8 Å². The maximum Gasteiger partial charge on any atom is 0.303 e. The summed E-state index contributed by atoms with van der Waals surface area (Å²) in [6.07, 6.45) is 0.606. The zero-order chi connectivity index (χ0) is 11.3. The Hall–Kier alpha value is -1.10. The smallest absolute Gasteiger partial charge is 0.303 e. The van der Waals surface area contributed by atoms with Gasteiger partial charge in [-0.25, -0.2) is 0 Å². The van der Waals surface area contributed by atoms with Crippen molar-refractivity contribution < 1.29 is 14.7 Å². The predicted molar refractivity (Wildman–Crippen MR) is 55.4 cm³/mol. The van der Waals surface area contributed by atoms with E-state index in [2.05, 4.69) is 10.6 Å². The van der Waals surface area contributed by atoms with Gasteiger partial charge in [0.1, 0.15) is 0 Å². The van der Waals surface area contributed by atoms with Crippen molar-refractivity contribution in [1.29, 1.82) is 0 Å². The van der Waals surface area contributed by atoms with Crippen LogP contribution in [0.4, 0.5) is 0 Å². The molecule has 1 fully saturated rings. The predicted octanol–water partition coefficient (Wildman–Crippen LogP) is -0.177. The van der Waals surface area contributed by atoms with Crippen LogP contribution < -0.4 is 10.6 Å². The van der Waals surface area contributed by atoms with Crippen LogP contribution in [0.2, 0.25) is 0 Å². The summed E-state index contributed by atoms with van der Waals surface area (Å²) in [5, 5.41) is 14.3. The lowest BCUT2D eigenvalue weighted by Gasteiger charge is -2.13. The van der Waals surface area contributed by atoms with E-state index >= 15 is 0 Å². The molecule has 5 heteroatoms. The van der Waals surface area contributed by atoms with Crippen LogP contribution in [0.1, 0.15) is 19.8 Å². The van der Waals surface area contributed by atoms with Crippen LogP contribution in [0.15, 0.2) is 0 Å². The summed E-state index contributed by atoms with van der Waals surface area (Å²) in [4.78, 5) is 21.8. The first-order valence-corrected chi connectivity index (χ1v) is 5.31. The molecule has 1 aliphatic heterocycles. The van der Waals surface area contributed by atoms with E-state index in [0.29, 0.717) is 18.9 Å². The van der Waals surface area contributed by atoms with Crippen molar-refractivity contribution in [2.75, 3.05) is 19.6 Å². The normalized spacial score (nSPS) is 25.1. The van der Waals surface area contributed by atoms with Gasteiger partial charge in [-0.15, -0.1) is 0 Å². The van der Waals surface area contributed by atoms with Crippen LogP contribution in [0.3, 0.4) is 0 Å². The molecule has 5 nitrogen and oxygen atoms in total. The van der Waals surface area contributed by atoms with Gasteiger partial charge < -0.3 is 15.7 Å². The van der Waals surface area contributed by atoms with Crippen LogP contribution in [0.25, 0.3) is 0 Å². The number of carboxylic acid groups (broad SMARTS) is 1. The minimum Gasteiger partial charge on any atom is -0.481 e. The Bertz CT molecular complexity index is 243. The lowest BCUT2D eigenvalue weighted by atomic mass is 9.97. The van der Waals surface area contributed by atoms with Gasteiger partial charge in [0.05, 0.1) is 5.92 Å². The minimum atomic E-state index is -0.819. The monoisotopic (exact) mass is 214 g/mol. The SMILES string of the molecule is CC1CNCC1C(=O)NCCCC(=O)O. The van der Waals surface area contributed by atoms with Crippen molar-refractivity contribution in [3.8, 4) is 0 Å². The second kappa shape index (κ2) is 5.70. The minimum absolute atomic E-state index is 0.0369. The molecule has 2 atom stereocenters. The number of hydrogen-bond acceptors (Lipinski definition) is 3. The Labute approximate surface area is 89.2 Å². The van der Waals surface area contributed by atoms with E-state index in [1.165, 1.54) is 0 Å². The van der Waals surface area contributed by atoms with Gasteiger partial charge in [-0.3, -0.25) is 9.59 Å². The molecule has 2 unspecified atom stereocenters. The highest BCUT2D eigenvalue weighted by Gasteiger charge is 2.28. The lowest BCUT2D eigenvalue weighted by Crippen LogP contribution is -2.35. The zero-order valence-electron chi connectivity index (χ0n) is 8.95. The van der Waals surface area contributed by atoms with E-state index in [0.717, 1.165) is 13.1 Å². The summed E-state index contributed by atoms with van der Waals surface area (Å²) >= 11 is 0. The molecule has 0 aromatic heterocycles. The van der Waals surface area contributed by atoms with Gasteiger partial charge in [-0.2, -0.15) is 0 Å². The molecule has 1 heterocycles. The topological polar surface area (TPSA) is 78.4 Å². The molecule has 0 aromatic carbocycles. The highest BCUT2D eigenvalue weighted by atomic mass is 16.4. The Morgan fingerprint density at radius 1 is 1.47 bits per heavy atom. The summed E-state index contributed by atoms with van der Waals surface area (Å²) in [6.45, 7) is 4.11. The van der Waals surface area contributed by atoms with Gasteiger partial charge in [0, 0.05) is 19.5 Å². The first kappa shape index (κ1) is 12.0. The van der Waals surface area contributed by atoms with Crippen LogP contribution >= 0.6 is 0 Å². The van der Waals surface area contributed by atoms with E-state index in [-0.39, 0.29) is 18.2 Å². The first-order chi connectivity index (χ1) is 7.11. The molecule has 1 rings (SSSR count). The Balaban J connectivity index is 2.15. The largest absolute Gasteiger partial charge is 0.481 e. The molecule has 0 radical (unpaired) electrons. The molecule has 0 saturated carbocycles. The Morgan fingerprint density at radius 3 is 2.73 bits per heavy atom. The summed E-state index contributed by atoms with van der Waals surface area (Å²) < 4.78 is 0. The van der Waals surface area contributed by atoms with E-state index in [4.69, 9.17) is 5.11 Å². The molecule has 3 N–H and O–H groups in total. The Morgan fingerprint density at radius 2 is 2.20 bits per heavy atom. The van der Waals surface area contributed by atoms with E-state index in [1.54, 1.807) is 0 Å². The van der Waals surface area contributed by atoms with Crippen molar-refractivity contribution >= 4 is 11.9 Å². The molecule has 0 aromatic rings. The van der Waals surface area contributed by atoms with Gasteiger partial charge >= 0.3 is 5.97 Å². The number of carboxylic acids is 1. The number of amides is 1. The molecule has 0 bridgehead atoms. The number of hydrogen-bond donors (Lipinski definition) is 3. The molecule has 86 valence electrons. The first-order valence-electron chi connectivity index (χ1n) is 5.31. The number of carbonyl (C=O) groups is 2. The fraction of sp³-hybridized carbons (Fsp3) is 0.800. The third-order valence-electron chi connectivity index (χ3n) is 2.72. The van der Waals surface area contributed by atoms with E-state index < -0.39 is 5.97 Å². The maximum atomic E-state index is 11.6. The molecule has 15 heavy (non-hydrogen) atoms. The third kappa shape index (κ3) is 3.87. The summed E-state index contributed by atoms with van der Waals surface area (Å²) in [5.41, 5.74) is 0. The summed E-state index contributed by atoms with van der Waals surface area (Å²) in [7, 11) is 0. The van der Waals surface area contributed by atoms with Crippen LogP contribution in [-0.4, -0.2) is 36.6 Å². The number of aliphatic carboxylic acids is 1. The fourth-order valence-corrected chi connectivity index (χ4v) is 1.74.